The van der Waals surface area contributed by atoms with E-state index in [0.29, 0.717) is 17.4 Å². The lowest BCUT2D eigenvalue weighted by atomic mass is 10.1. The number of hydrogen-bond donors (Lipinski definition) is 1. The van der Waals surface area contributed by atoms with Gasteiger partial charge in [0.1, 0.15) is 6.54 Å². The molecule has 0 aliphatic heterocycles. The Morgan fingerprint density at radius 3 is 2.88 bits per heavy atom. The number of likely N-dealkylation sites (N-methyl/N-ethyl adjacent to an activating group) is 1. The number of carbonyl (C=O) groups is 1. The van der Waals surface area contributed by atoms with Crippen molar-refractivity contribution < 1.29 is 4.79 Å². The molecule has 2 aromatic heterocycles. The molecule has 1 amide bonds. The molecule has 26 heavy (non-hydrogen) atoms. The minimum Gasteiger partial charge on any atom is -0.353 e. The Bertz CT molecular complexity index is 969. The minimum atomic E-state index is -0.228. The summed E-state index contributed by atoms with van der Waals surface area (Å²) in [6.07, 6.45) is 1.42. The summed E-state index contributed by atoms with van der Waals surface area (Å²) in [4.78, 5) is 31.2. The van der Waals surface area contributed by atoms with Crippen LogP contribution >= 0.6 is 27.3 Å². The van der Waals surface area contributed by atoms with E-state index in [9.17, 15) is 9.59 Å². The summed E-state index contributed by atoms with van der Waals surface area (Å²) in [7, 11) is 3.95. The van der Waals surface area contributed by atoms with Gasteiger partial charge in [-0.15, -0.1) is 0 Å². The monoisotopic (exact) mass is 434 g/mol. The van der Waals surface area contributed by atoms with Gasteiger partial charge in [-0.2, -0.15) is 11.3 Å². The quantitative estimate of drug-likeness (QED) is 0.647. The van der Waals surface area contributed by atoms with Crippen molar-refractivity contribution in [2.24, 2.45) is 0 Å². The number of halogens is 1. The zero-order valence-electron chi connectivity index (χ0n) is 14.5. The number of carbonyl (C=O) groups excluding carboxylic acids is 1. The molecule has 6 nitrogen and oxygen atoms in total. The van der Waals surface area contributed by atoms with Crippen LogP contribution in [-0.2, 0) is 11.3 Å². The number of hydrogen-bond acceptors (Lipinski definition) is 5. The zero-order chi connectivity index (χ0) is 18.7. The topological polar surface area (TPSA) is 67.2 Å². The average Bonchev–Trinajstić information content (AvgIpc) is 3.12. The molecule has 1 unspecified atom stereocenters. The number of thiophene rings is 1. The molecule has 3 aromatic rings. The third kappa shape index (κ3) is 4.20. The highest BCUT2D eigenvalue weighted by Gasteiger charge is 2.16. The van der Waals surface area contributed by atoms with Crippen LogP contribution in [0.4, 0.5) is 0 Å². The van der Waals surface area contributed by atoms with Gasteiger partial charge in [0.15, 0.2) is 0 Å². The van der Waals surface area contributed by atoms with Crippen molar-refractivity contribution in [3.8, 4) is 0 Å². The Hall–Kier alpha value is -2.03. The largest absolute Gasteiger partial charge is 0.353 e. The number of nitrogens with zero attached hydrogens (tertiary/aromatic N) is 3. The first-order valence-corrected chi connectivity index (χ1v) is 9.79. The van der Waals surface area contributed by atoms with E-state index < -0.39 is 0 Å². The van der Waals surface area contributed by atoms with Gasteiger partial charge in [0, 0.05) is 11.0 Å². The van der Waals surface area contributed by atoms with E-state index >= 15 is 0 Å². The van der Waals surface area contributed by atoms with E-state index in [1.54, 1.807) is 23.5 Å². The van der Waals surface area contributed by atoms with E-state index in [-0.39, 0.29) is 24.1 Å². The van der Waals surface area contributed by atoms with Crippen molar-refractivity contribution in [2.45, 2.75) is 12.6 Å². The number of aromatic nitrogens is 2. The Morgan fingerprint density at radius 2 is 2.19 bits per heavy atom. The van der Waals surface area contributed by atoms with Crippen molar-refractivity contribution in [2.75, 3.05) is 20.6 Å². The Kier molecular flexibility index (Phi) is 5.85. The molecular weight excluding hydrogens is 416 g/mol. The Labute approximate surface area is 163 Å². The van der Waals surface area contributed by atoms with Gasteiger partial charge in [0.2, 0.25) is 5.91 Å². The molecule has 1 aromatic carbocycles. The van der Waals surface area contributed by atoms with Crippen LogP contribution in [0, 0.1) is 0 Å². The van der Waals surface area contributed by atoms with Gasteiger partial charge in [-0.1, -0.05) is 15.9 Å². The van der Waals surface area contributed by atoms with Gasteiger partial charge in [-0.3, -0.25) is 14.2 Å². The Balaban J connectivity index is 1.71. The molecule has 3 rings (SSSR count). The SMILES string of the molecule is CN(C)C(CNC(=O)Cn1cnc2ccc(Br)cc2c1=O)c1ccsc1. The first-order valence-electron chi connectivity index (χ1n) is 8.05. The number of benzene rings is 1. The second-order valence-corrected chi connectivity index (χ2v) is 7.87. The summed E-state index contributed by atoms with van der Waals surface area (Å²) in [5.41, 5.74) is 1.54. The molecule has 0 saturated carbocycles. The van der Waals surface area contributed by atoms with Crippen LogP contribution < -0.4 is 10.9 Å². The molecule has 0 spiro atoms. The average molecular weight is 435 g/mol. The first-order chi connectivity index (χ1) is 12.5. The number of amides is 1. The highest BCUT2D eigenvalue weighted by molar-refractivity contribution is 9.10. The molecule has 2 heterocycles. The summed E-state index contributed by atoms with van der Waals surface area (Å²) >= 11 is 4.99. The third-order valence-corrected chi connectivity index (χ3v) is 5.34. The van der Waals surface area contributed by atoms with Gasteiger partial charge in [0.05, 0.1) is 23.3 Å². The molecule has 0 fully saturated rings. The molecular formula is C18H19BrN4O2S. The van der Waals surface area contributed by atoms with Crippen molar-refractivity contribution in [1.82, 2.24) is 19.8 Å². The molecule has 8 heteroatoms. The summed E-state index contributed by atoms with van der Waals surface area (Å²) in [6.45, 7) is 0.419. The van der Waals surface area contributed by atoms with Crippen molar-refractivity contribution in [3.63, 3.8) is 0 Å². The fourth-order valence-corrected chi connectivity index (χ4v) is 3.80. The molecule has 1 N–H and O–H groups in total. The van der Waals surface area contributed by atoms with Crippen LogP contribution in [0.2, 0.25) is 0 Å². The Morgan fingerprint density at radius 1 is 1.38 bits per heavy atom. The van der Waals surface area contributed by atoms with Crippen LogP contribution in [0.1, 0.15) is 11.6 Å². The van der Waals surface area contributed by atoms with Gasteiger partial charge >= 0.3 is 0 Å². The highest BCUT2D eigenvalue weighted by Crippen LogP contribution is 2.20. The molecule has 0 aliphatic carbocycles. The second-order valence-electron chi connectivity index (χ2n) is 6.18. The maximum absolute atomic E-state index is 12.6. The van der Waals surface area contributed by atoms with E-state index in [1.165, 1.54) is 10.9 Å². The van der Waals surface area contributed by atoms with Crippen molar-refractivity contribution in [3.05, 3.63) is 61.7 Å². The molecule has 136 valence electrons. The van der Waals surface area contributed by atoms with Crippen molar-refractivity contribution in [1.29, 1.82) is 0 Å². The maximum atomic E-state index is 12.6. The van der Waals surface area contributed by atoms with Crippen molar-refractivity contribution >= 4 is 44.1 Å². The van der Waals surface area contributed by atoms with Crippen LogP contribution in [-0.4, -0.2) is 41.0 Å². The lowest BCUT2D eigenvalue weighted by Gasteiger charge is -2.24. The standard InChI is InChI=1S/C18H19BrN4O2S/c1-22(2)16(12-5-6-26-10-12)8-20-17(24)9-23-11-21-15-4-3-13(19)7-14(15)18(23)25/h3-7,10-11,16H,8-9H2,1-2H3,(H,20,24). The number of fused-ring (bicyclic) bond motifs is 1. The lowest BCUT2D eigenvalue weighted by molar-refractivity contribution is -0.121. The summed E-state index contributed by atoms with van der Waals surface area (Å²) in [5, 5.41) is 7.50. The summed E-state index contributed by atoms with van der Waals surface area (Å²) in [6, 6.07) is 7.47. The van der Waals surface area contributed by atoms with Crippen LogP contribution in [0.3, 0.4) is 0 Å². The lowest BCUT2D eigenvalue weighted by Crippen LogP contribution is -2.37. The van der Waals surface area contributed by atoms with E-state index in [0.717, 1.165) is 10.0 Å². The highest BCUT2D eigenvalue weighted by atomic mass is 79.9. The van der Waals surface area contributed by atoms with Gasteiger partial charge in [0.25, 0.3) is 5.56 Å². The second kappa shape index (κ2) is 8.11. The fraction of sp³-hybridized carbons (Fsp3) is 0.278. The zero-order valence-corrected chi connectivity index (χ0v) is 16.9. The van der Waals surface area contributed by atoms with E-state index in [2.05, 4.69) is 42.6 Å². The van der Waals surface area contributed by atoms with E-state index in [1.807, 2.05) is 25.5 Å². The number of nitrogens with one attached hydrogen (secondary N) is 1. The summed E-state index contributed by atoms with van der Waals surface area (Å²) in [5.74, 6) is -0.217. The first kappa shape index (κ1) is 18.8. The summed E-state index contributed by atoms with van der Waals surface area (Å²) < 4.78 is 2.13. The smallest absolute Gasteiger partial charge is 0.261 e. The number of rotatable bonds is 6. The molecule has 0 saturated heterocycles. The van der Waals surface area contributed by atoms with Crippen LogP contribution in [0.5, 0.6) is 0 Å². The molecule has 0 bridgehead atoms. The van der Waals surface area contributed by atoms with E-state index in [4.69, 9.17) is 0 Å². The van der Waals surface area contributed by atoms with Gasteiger partial charge in [-0.05, 0) is 54.7 Å². The minimum absolute atomic E-state index is 0.0575. The molecule has 0 radical (unpaired) electrons. The molecule has 1 atom stereocenters. The van der Waals surface area contributed by atoms with Gasteiger partial charge in [-0.25, -0.2) is 4.98 Å². The maximum Gasteiger partial charge on any atom is 0.261 e. The predicted molar refractivity (Wildman–Crippen MR) is 107 cm³/mol. The van der Waals surface area contributed by atoms with Crippen LogP contribution in [0.15, 0.2) is 50.6 Å². The normalized spacial score (nSPS) is 12.5. The third-order valence-electron chi connectivity index (χ3n) is 4.14. The van der Waals surface area contributed by atoms with Gasteiger partial charge < -0.3 is 10.2 Å². The molecule has 0 aliphatic rings. The predicted octanol–water partition coefficient (Wildman–Crippen LogP) is 2.64. The van der Waals surface area contributed by atoms with Crippen LogP contribution in [0.25, 0.3) is 10.9 Å². The fourth-order valence-electron chi connectivity index (χ4n) is 2.73.